The van der Waals surface area contributed by atoms with Gasteiger partial charge in [-0.3, -0.25) is 4.79 Å². The summed E-state index contributed by atoms with van der Waals surface area (Å²) in [6.07, 6.45) is 1.61. The second kappa shape index (κ2) is 7.92. The minimum Gasteiger partial charge on any atom is -0.324 e. The molecule has 1 N–H and O–H groups in total. The summed E-state index contributed by atoms with van der Waals surface area (Å²) in [5, 5.41) is 3.54. The number of halogens is 1. The van der Waals surface area contributed by atoms with Crippen LogP contribution in [0.5, 0.6) is 0 Å². The summed E-state index contributed by atoms with van der Waals surface area (Å²) < 4.78 is 0. The molecule has 0 saturated carbocycles. The average Bonchev–Trinajstić information content (AvgIpc) is 2.64. The first-order valence-electron chi connectivity index (χ1n) is 8.87. The second-order valence-corrected chi connectivity index (χ2v) is 7.34. The van der Waals surface area contributed by atoms with E-state index in [1.807, 2.05) is 32.0 Å². The molecule has 1 aliphatic heterocycles. The predicted octanol–water partition coefficient (Wildman–Crippen LogP) is 5.08. The van der Waals surface area contributed by atoms with E-state index in [9.17, 15) is 9.59 Å². The van der Waals surface area contributed by atoms with Crippen LogP contribution in [-0.4, -0.2) is 29.8 Å². The van der Waals surface area contributed by atoms with Crippen molar-refractivity contribution in [1.82, 2.24) is 4.90 Å². The van der Waals surface area contributed by atoms with Crippen molar-refractivity contribution < 1.29 is 9.59 Å². The van der Waals surface area contributed by atoms with E-state index in [1.54, 1.807) is 29.2 Å². The zero-order chi connectivity index (χ0) is 18.7. The van der Waals surface area contributed by atoms with Gasteiger partial charge in [0.2, 0.25) is 0 Å². The van der Waals surface area contributed by atoms with Crippen molar-refractivity contribution in [3.8, 4) is 0 Å². The number of carbonyl (C=O) groups excluding carboxylic acids is 2. The molecule has 5 heteroatoms. The van der Waals surface area contributed by atoms with Crippen LogP contribution < -0.4 is 5.32 Å². The van der Waals surface area contributed by atoms with E-state index in [2.05, 4.69) is 5.32 Å². The molecule has 1 unspecified atom stereocenters. The van der Waals surface area contributed by atoms with Gasteiger partial charge in [0, 0.05) is 35.3 Å². The lowest BCUT2D eigenvalue weighted by Gasteiger charge is -2.32. The zero-order valence-electron chi connectivity index (χ0n) is 15.1. The van der Waals surface area contributed by atoms with Crippen LogP contribution in [0.4, 0.5) is 10.5 Å². The van der Waals surface area contributed by atoms with Crippen molar-refractivity contribution in [2.75, 3.05) is 18.4 Å². The highest BCUT2D eigenvalue weighted by Crippen LogP contribution is 2.24. The average molecular weight is 371 g/mol. The summed E-state index contributed by atoms with van der Waals surface area (Å²) in [6.45, 7) is 5.06. The van der Waals surface area contributed by atoms with E-state index in [0.29, 0.717) is 23.7 Å². The van der Waals surface area contributed by atoms with Crippen molar-refractivity contribution in [1.29, 1.82) is 0 Å². The number of hydrogen-bond acceptors (Lipinski definition) is 2. The Labute approximate surface area is 159 Å². The van der Waals surface area contributed by atoms with E-state index in [4.69, 9.17) is 11.6 Å². The van der Waals surface area contributed by atoms with Crippen LogP contribution in [0.15, 0.2) is 42.5 Å². The Morgan fingerprint density at radius 1 is 1.15 bits per heavy atom. The quantitative estimate of drug-likeness (QED) is 0.765. The molecule has 2 amide bonds. The summed E-state index contributed by atoms with van der Waals surface area (Å²) in [6, 6.07) is 12.8. The highest BCUT2D eigenvalue weighted by molar-refractivity contribution is 6.31. The van der Waals surface area contributed by atoms with Gasteiger partial charge < -0.3 is 10.2 Å². The first kappa shape index (κ1) is 18.5. The number of carbonyl (C=O) groups is 2. The van der Waals surface area contributed by atoms with Crippen molar-refractivity contribution in [2.45, 2.75) is 26.7 Å². The molecule has 1 aliphatic rings. The van der Waals surface area contributed by atoms with Gasteiger partial charge >= 0.3 is 6.03 Å². The van der Waals surface area contributed by atoms with Crippen LogP contribution in [0.2, 0.25) is 5.02 Å². The molecule has 0 aromatic heterocycles. The van der Waals surface area contributed by atoms with Gasteiger partial charge in [-0.05, 0) is 56.0 Å². The van der Waals surface area contributed by atoms with Crippen molar-refractivity contribution in [2.24, 2.45) is 5.92 Å². The van der Waals surface area contributed by atoms with Crippen molar-refractivity contribution in [3.63, 3.8) is 0 Å². The molecule has 0 spiro atoms. The first-order valence-corrected chi connectivity index (χ1v) is 9.25. The molecule has 1 atom stereocenters. The fourth-order valence-electron chi connectivity index (χ4n) is 3.32. The number of anilines is 1. The Balaban J connectivity index is 1.68. The summed E-state index contributed by atoms with van der Waals surface area (Å²) in [4.78, 5) is 27.2. The van der Waals surface area contributed by atoms with Gasteiger partial charge in [0.25, 0.3) is 0 Å². The third-order valence-electron chi connectivity index (χ3n) is 4.82. The second-order valence-electron chi connectivity index (χ2n) is 6.91. The summed E-state index contributed by atoms with van der Waals surface area (Å²) >= 11 is 6.00. The molecule has 26 heavy (non-hydrogen) atoms. The van der Waals surface area contributed by atoms with Crippen LogP contribution in [0.1, 0.15) is 34.3 Å². The fraction of sp³-hybridized carbons (Fsp3) is 0.333. The number of nitrogens with one attached hydrogen (secondary N) is 1. The van der Waals surface area contributed by atoms with Crippen LogP contribution in [0, 0.1) is 19.8 Å². The molecule has 136 valence electrons. The number of ketones is 1. The summed E-state index contributed by atoms with van der Waals surface area (Å²) in [5.74, 6) is -0.136. The van der Waals surface area contributed by atoms with Gasteiger partial charge in [-0.15, -0.1) is 0 Å². The van der Waals surface area contributed by atoms with Crippen LogP contribution >= 0.6 is 11.6 Å². The predicted molar refractivity (Wildman–Crippen MR) is 105 cm³/mol. The van der Waals surface area contributed by atoms with Gasteiger partial charge in [-0.2, -0.15) is 0 Å². The van der Waals surface area contributed by atoms with E-state index >= 15 is 0 Å². The molecule has 0 bridgehead atoms. The molecule has 3 rings (SSSR count). The number of hydrogen-bond donors (Lipinski definition) is 1. The Bertz CT molecular complexity index is 835. The normalized spacial score (nSPS) is 17.0. The maximum absolute atomic E-state index is 12.8. The molecule has 1 saturated heterocycles. The SMILES string of the molecule is Cc1ccc(C)c(NC(=O)N2CCCC(C(=O)c3cccc(Cl)c3)C2)c1. The van der Waals surface area contributed by atoms with Gasteiger partial charge in [-0.1, -0.05) is 35.9 Å². The third kappa shape index (κ3) is 4.25. The molecule has 0 aliphatic carbocycles. The summed E-state index contributed by atoms with van der Waals surface area (Å²) in [7, 11) is 0. The Kier molecular flexibility index (Phi) is 5.62. The molecule has 1 fully saturated rings. The lowest BCUT2D eigenvalue weighted by atomic mass is 9.90. The number of rotatable bonds is 3. The molecule has 4 nitrogen and oxygen atoms in total. The lowest BCUT2D eigenvalue weighted by Crippen LogP contribution is -2.44. The first-order chi connectivity index (χ1) is 12.4. The maximum Gasteiger partial charge on any atom is 0.321 e. The van der Waals surface area contributed by atoms with Gasteiger partial charge in [-0.25, -0.2) is 4.79 Å². The molecule has 1 heterocycles. The third-order valence-corrected chi connectivity index (χ3v) is 5.06. The van der Waals surface area contributed by atoms with Gasteiger partial charge in [0.05, 0.1) is 0 Å². The highest BCUT2D eigenvalue weighted by atomic mass is 35.5. The number of urea groups is 1. The fourth-order valence-corrected chi connectivity index (χ4v) is 3.51. The Morgan fingerprint density at radius 3 is 2.73 bits per heavy atom. The smallest absolute Gasteiger partial charge is 0.321 e. The van der Waals surface area contributed by atoms with E-state index < -0.39 is 0 Å². The number of amides is 2. The summed E-state index contributed by atoms with van der Waals surface area (Å²) in [5.41, 5.74) is 3.55. The topological polar surface area (TPSA) is 49.4 Å². The van der Waals surface area contributed by atoms with Crippen LogP contribution in [-0.2, 0) is 0 Å². The number of piperidine rings is 1. The van der Waals surface area contributed by atoms with Gasteiger partial charge in [0.1, 0.15) is 0 Å². The number of benzene rings is 2. The maximum atomic E-state index is 12.8. The molecule has 2 aromatic carbocycles. The van der Waals surface area contributed by atoms with Crippen LogP contribution in [0.3, 0.4) is 0 Å². The van der Waals surface area contributed by atoms with Crippen molar-refractivity contribution >= 4 is 29.1 Å². The number of likely N-dealkylation sites (tertiary alicyclic amines) is 1. The molecule has 0 radical (unpaired) electrons. The number of nitrogens with zero attached hydrogens (tertiary/aromatic N) is 1. The Hall–Kier alpha value is -2.33. The van der Waals surface area contributed by atoms with E-state index in [1.165, 1.54) is 0 Å². The largest absolute Gasteiger partial charge is 0.324 e. The molecule has 2 aromatic rings. The highest BCUT2D eigenvalue weighted by Gasteiger charge is 2.29. The van der Waals surface area contributed by atoms with Gasteiger partial charge in [0.15, 0.2) is 5.78 Å². The zero-order valence-corrected chi connectivity index (χ0v) is 15.8. The van der Waals surface area contributed by atoms with Crippen LogP contribution in [0.25, 0.3) is 0 Å². The number of aryl methyl sites for hydroxylation is 2. The molecular weight excluding hydrogens is 348 g/mol. The minimum absolute atomic E-state index is 0.0525. The monoisotopic (exact) mass is 370 g/mol. The molecular formula is C21H23ClN2O2. The van der Waals surface area contributed by atoms with E-state index in [0.717, 1.165) is 29.7 Å². The van der Waals surface area contributed by atoms with E-state index in [-0.39, 0.29) is 17.7 Å². The lowest BCUT2D eigenvalue weighted by molar-refractivity contribution is 0.0851. The minimum atomic E-state index is -0.188. The Morgan fingerprint density at radius 2 is 1.96 bits per heavy atom. The standard InChI is InChI=1S/C21H23ClN2O2/c1-14-8-9-15(2)19(11-14)23-21(26)24-10-4-6-17(13-24)20(25)16-5-3-7-18(22)12-16/h3,5,7-9,11-12,17H,4,6,10,13H2,1-2H3,(H,23,26). The van der Waals surface area contributed by atoms with Crippen molar-refractivity contribution in [3.05, 3.63) is 64.2 Å². The number of Topliss-reactive ketones (excluding diaryl/α,β-unsaturated/α-hetero) is 1.